The van der Waals surface area contributed by atoms with E-state index in [0.717, 1.165) is 38.3 Å². The van der Waals surface area contributed by atoms with Gasteiger partial charge in [-0.1, -0.05) is 36.4 Å². The monoisotopic (exact) mass is 350 g/mol. The Bertz CT molecular complexity index is 739. The fourth-order valence-corrected chi connectivity index (χ4v) is 3.43. The van der Waals surface area contributed by atoms with Crippen LogP contribution in [0.15, 0.2) is 53.5 Å². The van der Waals surface area contributed by atoms with Crippen LogP contribution in [0.25, 0.3) is 0 Å². The topological polar surface area (TPSA) is 53.6 Å². The molecule has 0 aromatic heterocycles. The number of nitrogens with zero attached hydrogens (tertiary/aromatic N) is 2. The van der Waals surface area contributed by atoms with E-state index in [2.05, 4.69) is 71.5 Å². The third-order valence-electron chi connectivity index (χ3n) is 5.23. The van der Waals surface area contributed by atoms with E-state index in [4.69, 9.17) is 5.73 Å². The molecule has 138 valence electrons. The summed E-state index contributed by atoms with van der Waals surface area (Å²) in [6, 6.07) is 17.0. The molecule has 2 aromatic rings. The maximum Gasteiger partial charge on any atom is 0.193 e. The lowest BCUT2D eigenvalue weighted by Crippen LogP contribution is -2.26. The molecule has 0 bridgehead atoms. The molecule has 0 radical (unpaired) electrons. The molecule has 1 fully saturated rings. The van der Waals surface area contributed by atoms with Crippen LogP contribution in [-0.2, 0) is 6.42 Å². The predicted molar refractivity (Wildman–Crippen MR) is 111 cm³/mol. The summed E-state index contributed by atoms with van der Waals surface area (Å²) >= 11 is 0. The Kier molecular flexibility index (Phi) is 6.29. The van der Waals surface area contributed by atoms with E-state index in [1.54, 1.807) is 0 Å². The maximum atomic E-state index is 6.07. The minimum atomic E-state index is 0.510. The Morgan fingerprint density at radius 2 is 1.96 bits per heavy atom. The van der Waals surface area contributed by atoms with Gasteiger partial charge in [-0.25, -0.2) is 0 Å². The minimum Gasteiger partial charge on any atom is -0.370 e. The van der Waals surface area contributed by atoms with Crippen LogP contribution in [0.3, 0.4) is 0 Å². The standard InChI is InChI=1S/C22H30N4/c1-17-8-9-21(14-18(17)2)25-22(23)24-15-20-11-13-26(16-20)12-10-19-6-4-3-5-7-19/h3-9,14,20H,10-13,15-16H2,1-2H3,(H3,23,24,25). The number of guanidine groups is 1. The van der Waals surface area contributed by atoms with Crippen molar-refractivity contribution in [2.24, 2.45) is 16.6 Å². The van der Waals surface area contributed by atoms with Gasteiger partial charge in [-0.15, -0.1) is 0 Å². The van der Waals surface area contributed by atoms with Crippen LogP contribution in [-0.4, -0.2) is 37.0 Å². The van der Waals surface area contributed by atoms with Crippen LogP contribution in [0.1, 0.15) is 23.1 Å². The zero-order valence-electron chi connectivity index (χ0n) is 15.9. The zero-order valence-corrected chi connectivity index (χ0v) is 15.9. The summed E-state index contributed by atoms with van der Waals surface area (Å²) in [5.41, 5.74) is 11.0. The van der Waals surface area contributed by atoms with Gasteiger partial charge in [0.25, 0.3) is 0 Å². The molecule has 4 nitrogen and oxygen atoms in total. The number of aliphatic imine (C=N–C) groups is 1. The Hall–Kier alpha value is -2.33. The lowest BCUT2D eigenvalue weighted by atomic mass is 10.1. The summed E-state index contributed by atoms with van der Waals surface area (Å²) in [7, 11) is 0. The van der Waals surface area contributed by atoms with E-state index in [9.17, 15) is 0 Å². The van der Waals surface area contributed by atoms with E-state index < -0.39 is 0 Å². The number of hydrogen-bond acceptors (Lipinski definition) is 2. The summed E-state index contributed by atoms with van der Waals surface area (Å²) in [4.78, 5) is 7.10. The second kappa shape index (κ2) is 8.86. The van der Waals surface area contributed by atoms with E-state index in [0.29, 0.717) is 11.9 Å². The van der Waals surface area contributed by atoms with Crippen LogP contribution in [0.4, 0.5) is 5.69 Å². The molecule has 3 rings (SSSR count). The average Bonchev–Trinajstić information content (AvgIpc) is 3.10. The molecule has 4 heteroatoms. The molecular weight excluding hydrogens is 320 g/mol. The van der Waals surface area contributed by atoms with Crippen molar-refractivity contribution in [3.05, 3.63) is 65.2 Å². The molecule has 1 heterocycles. The first-order chi connectivity index (χ1) is 12.6. The highest BCUT2D eigenvalue weighted by Crippen LogP contribution is 2.17. The average molecular weight is 351 g/mol. The van der Waals surface area contributed by atoms with E-state index in [1.165, 1.54) is 23.1 Å². The summed E-state index contributed by atoms with van der Waals surface area (Å²) in [6.07, 6.45) is 2.32. The maximum absolute atomic E-state index is 6.07. The zero-order chi connectivity index (χ0) is 18.4. The fourth-order valence-electron chi connectivity index (χ4n) is 3.43. The first-order valence-electron chi connectivity index (χ1n) is 9.50. The second-order valence-electron chi connectivity index (χ2n) is 7.34. The van der Waals surface area contributed by atoms with Gasteiger partial charge >= 0.3 is 0 Å². The molecule has 2 aromatic carbocycles. The van der Waals surface area contributed by atoms with Gasteiger partial charge in [-0.3, -0.25) is 4.99 Å². The molecule has 0 amide bonds. The smallest absolute Gasteiger partial charge is 0.193 e. The molecule has 26 heavy (non-hydrogen) atoms. The van der Waals surface area contributed by atoms with Gasteiger partial charge in [-0.2, -0.15) is 0 Å². The number of benzene rings is 2. The molecular formula is C22H30N4. The number of nitrogens with one attached hydrogen (secondary N) is 1. The van der Waals surface area contributed by atoms with Gasteiger partial charge in [-0.05, 0) is 68.0 Å². The molecule has 1 saturated heterocycles. The summed E-state index contributed by atoms with van der Waals surface area (Å²) < 4.78 is 0. The number of aryl methyl sites for hydroxylation is 2. The van der Waals surface area contributed by atoms with Gasteiger partial charge in [0.05, 0.1) is 0 Å². The third kappa shape index (κ3) is 5.33. The summed E-state index contributed by atoms with van der Waals surface area (Å²) in [5.74, 6) is 1.11. The lowest BCUT2D eigenvalue weighted by molar-refractivity contribution is 0.330. The molecule has 1 unspecified atom stereocenters. The van der Waals surface area contributed by atoms with Gasteiger partial charge in [0.1, 0.15) is 0 Å². The van der Waals surface area contributed by atoms with Gasteiger partial charge in [0, 0.05) is 25.3 Å². The molecule has 0 aliphatic carbocycles. The highest BCUT2D eigenvalue weighted by Gasteiger charge is 2.21. The normalized spacial score (nSPS) is 18.2. The first-order valence-corrected chi connectivity index (χ1v) is 9.50. The fraction of sp³-hybridized carbons (Fsp3) is 0.409. The van der Waals surface area contributed by atoms with Gasteiger partial charge in [0.15, 0.2) is 5.96 Å². The Balaban J connectivity index is 1.43. The highest BCUT2D eigenvalue weighted by molar-refractivity contribution is 5.92. The predicted octanol–water partition coefficient (Wildman–Crippen LogP) is 3.59. The SMILES string of the molecule is Cc1ccc(NC(N)=NCC2CCN(CCc3ccccc3)C2)cc1C. The van der Waals surface area contributed by atoms with E-state index in [-0.39, 0.29) is 0 Å². The minimum absolute atomic E-state index is 0.510. The van der Waals surface area contributed by atoms with Gasteiger partial charge in [0.2, 0.25) is 0 Å². The van der Waals surface area contributed by atoms with Crippen molar-refractivity contribution in [1.82, 2.24) is 4.90 Å². The quantitative estimate of drug-likeness (QED) is 0.618. The number of rotatable bonds is 6. The number of anilines is 1. The molecule has 1 atom stereocenters. The van der Waals surface area contributed by atoms with Crippen molar-refractivity contribution in [3.63, 3.8) is 0 Å². The number of nitrogens with two attached hydrogens (primary N) is 1. The van der Waals surface area contributed by atoms with Crippen molar-refractivity contribution in [1.29, 1.82) is 0 Å². The molecule has 0 spiro atoms. The van der Waals surface area contributed by atoms with Crippen molar-refractivity contribution in [3.8, 4) is 0 Å². The van der Waals surface area contributed by atoms with Crippen LogP contribution < -0.4 is 11.1 Å². The Labute approximate surface area is 157 Å². The number of likely N-dealkylation sites (tertiary alicyclic amines) is 1. The van der Waals surface area contributed by atoms with Crippen LogP contribution in [0, 0.1) is 19.8 Å². The largest absolute Gasteiger partial charge is 0.370 e. The van der Waals surface area contributed by atoms with Crippen molar-refractivity contribution in [2.45, 2.75) is 26.7 Å². The Morgan fingerprint density at radius 3 is 2.73 bits per heavy atom. The van der Waals surface area contributed by atoms with Crippen molar-refractivity contribution < 1.29 is 0 Å². The van der Waals surface area contributed by atoms with Crippen LogP contribution in [0.2, 0.25) is 0 Å². The molecule has 1 aliphatic rings. The third-order valence-corrected chi connectivity index (χ3v) is 5.23. The molecule has 3 N–H and O–H groups in total. The summed E-state index contributed by atoms with van der Waals surface area (Å²) in [6.45, 7) is 8.42. The number of hydrogen-bond donors (Lipinski definition) is 2. The first kappa shape index (κ1) is 18.5. The Morgan fingerprint density at radius 1 is 1.15 bits per heavy atom. The highest BCUT2D eigenvalue weighted by atomic mass is 15.2. The van der Waals surface area contributed by atoms with Crippen LogP contribution in [0.5, 0.6) is 0 Å². The van der Waals surface area contributed by atoms with E-state index >= 15 is 0 Å². The van der Waals surface area contributed by atoms with Crippen molar-refractivity contribution in [2.75, 3.05) is 31.5 Å². The second-order valence-corrected chi connectivity index (χ2v) is 7.34. The molecule has 1 aliphatic heterocycles. The lowest BCUT2D eigenvalue weighted by Gasteiger charge is -2.15. The summed E-state index contributed by atoms with van der Waals surface area (Å²) in [5, 5.41) is 3.21. The van der Waals surface area contributed by atoms with Crippen LogP contribution >= 0.6 is 0 Å². The van der Waals surface area contributed by atoms with E-state index in [1.807, 2.05) is 6.07 Å². The van der Waals surface area contributed by atoms with Gasteiger partial charge < -0.3 is 16.0 Å². The van der Waals surface area contributed by atoms with Crippen molar-refractivity contribution >= 4 is 11.6 Å². The molecule has 0 saturated carbocycles.